The molecule has 0 aliphatic rings. The number of hydrogen-bond acceptors (Lipinski definition) is 6. The van der Waals surface area contributed by atoms with Crippen LogP contribution >= 0.6 is 22.6 Å². The molecule has 0 radical (unpaired) electrons. The van der Waals surface area contributed by atoms with Crippen LogP contribution in [0.25, 0.3) is 0 Å². The van der Waals surface area contributed by atoms with Crippen LogP contribution in [-0.2, 0) is 19.6 Å². The summed E-state index contributed by atoms with van der Waals surface area (Å²) in [6, 6.07) is 3.89. The largest absolute Gasteiger partial charge is 0.465 e. The highest BCUT2D eigenvalue weighted by Gasteiger charge is 2.30. The fraction of sp³-hybridized carbons (Fsp3) is 0.462. The van der Waals surface area contributed by atoms with Gasteiger partial charge in [0, 0.05) is 10.5 Å². The molecule has 1 N–H and O–H groups in total. The van der Waals surface area contributed by atoms with Crippen LogP contribution in [0, 0.1) is 10.1 Å². The van der Waals surface area contributed by atoms with Gasteiger partial charge in [-0.3, -0.25) is 14.9 Å². The molecule has 0 fully saturated rings. The van der Waals surface area contributed by atoms with Gasteiger partial charge in [-0.15, -0.1) is 0 Å². The molecule has 0 spiro atoms. The number of alkyl halides is 1. The number of rotatable bonds is 9. The third kappa shape index (κ3) is 5.70. The summed E-state index contributed by atoms with van der Waals surface area (Å²) in [4.78, 5) is 21.6. The number of esters is 1. The lowest BCUT2D eigenvalue weighted by molar-refractivity contribution is -0.387. The second-order valence-corrected chi connectivity index (χ2v) is 7.31. The molecule has 8 nitrogen and oxygen atoms in total. The Labute approximate surface area is 147 Å². The summed E-state index contributed by atoms with van der Waals surface area (Å²) in [6.07, 6.45) is 0.836. The zero-order chi connectivity index (χ0) is 17.5. The molecule has 1 rings (SSSR count). The van der Waals surface area contributed by atoms with E-state index in [-0.39, 0.29) is 13.0 Å². The summed E-state index contributed by atoms with van der Waals surface area (Å²) in [5.41, 5.74) is -0.546. The predicted octanol–water partition coefficient (Wildman–Crippen LogP) is 2.02. The molecular formula is C13H17IN2O6S. The lowest BCUT2D eigenvalue weighted by Gasteiger charge is -2.16. The minimum Gasteiger partial charge on any atom is -0.465 e. The van der Waals surface area contributed by atoms with Crippen LogP contribution in [0.2, 0.25) is 0 Å². The number of sulfonamides is 1. The molecular weight excluding hydrogens is 439 g/mol. The highest BCUT2D eigenvalue weighted by atomic mass is 127. The highest BCUT2D eigenvalue weighted by molar-refractivity contribution is 14.1. The van der Waals surface area contributed by atoms with Crippen molar-refractivity contribution < 1.29 is 22.9 Å². The third-order valence-corrected chi connectivity index (χ3v) is 4.92. The van der Waals surface area contributed by atoms with Gasteiger partial charge in [0.2, 0.25) is 10.0 Å². The fourth-order valence-electron chi connectivity index (χ4n) is 1.72. The summed E-state index contributed by atoms with van der Waals surface area (Å²) in [6.45, 7) is 2.00. The lowest BCUT2D eigenvalue weighted by Crippen LogP contribution is -2.42. The van der Waals surface area contributed by atoms with E-state index in [4.69, 9.17) is 4.74 Å². The molecule has 0 amide bonds. The van der Waals surface area contributed by atoms with Crippen molar-refractivity contribution in [1.82, 2.24) is 4.72 Å². The number of para-hydroxylation sites is 1. The molecule has 23 heavy (non-hydrogen) atoms. The Morgan fingerprint density at radius 3 is 2.65 bits per heavy atom. The van der Waals surface area contributed by atoms with Gasteiger partial charge in [-0.05, 0) is 18.9 Å². The first kappa shape index (κ1) is 19.8. The molecule has 1 aromatic rings. The summed E-state index contributed by atoms with van der Waals surface area (Å²) in [5, 5.41) is 11.0. The van der Waals surface area contributed by atoms with E-state index in [1.54, 1.807) is 0 Å². The molecule has 128 valence electrons. The normalized spacial score (nSPS) is 12.6. The number of nitro groups is 1. The summed E-state index contributed by atoms with van der Waals surface area (Å²) in [5.74, 6) is -0.689. The SMILES string of the molecule is CCCOC(=O)[C@H](CCI)NS(=O)(=O)c1ccccc1[N+](=O)[O-]. The number of carbonyl (C=O) groups excluding carboxylic acids is 1. The second-order valence-electron chi connectivity index (χ2n) is 4.54. The molecule has 0 aromatic heterocycles. The Kier molecular flexibility index (Phi) is 7.85. The molecule has 1 aromatic carbocycles. The Hall–Kier alpha value is -1.27. The van der Waals surface area contributed by atoms with Crippen molar-refractivity contribution in [2.24, 2.45) is 0 Å². The van der Waals surface area contributed by atoms with Crippen molar-refractivity contribution in [3.8, 4) is 0 Å². The van der Waals surface area contributed by atoms with E-state index in [2.05, 4.69) is 4.72 Å². The van der Waals surface area contributed by atoms with Gasteiger partial charge in [-0.25, -0.2) is 8.42 Å². The Balaban J connectivity index is 3.07. The van der Waals surface area contributed by atoms with E-state index in [0.717, 1.165) is 12.1 Å². The smallest absolute Gasteiger partial charge is 0.324 e. The molecule has 0 aliphatic carbocycles. The monoisotopic (exact) mass is 456 g/mol. The first-order valence-electron chi connectivity index (χ1n) is 6.81. The number of nitrogens with one attached hydrogen (secondary N) is 1. The first-order chi connectivity index (χ1) is 10.8. The van der Waals surface area contributed by atoms with Crippen molar-refractivity contribution >= 4 is 44.3 Å². The van der Waals surface area contributed by atoms with Gasteiger partial charge < -0.3 is 4.74 Å². The van der Waals surface area contributed by atoms with E-state index in [1.165, 1.54) is 12.1 Å². The van der Waals surface area contributed by atoms with Crippen LogP contribution in [0.1, 0.15) is 19.8 Å². The average molecular weight is 456 g/mol. The number of ether oxygens (including phenoxy) is 1. The minimum absolute atomic E-state index is 0.184. The van der Waals surface area contributed by atoms with E-state index in [0.29, 0.717) is 10.8 Å². The Morgan fingerprint density at radius 2 is 2.09 bits per heavy atom. The molecule has 0 unspecified atom stereocenters. The number of halogens is 1. The highest BCUT2D eigenvalue weighted by Crippen LogP contribution is 2.23. The van der Waals surface area contributed by atoms with Crippen LogP contribution in [0.15, 0.2) is 29.2 Å². The molecule has 1 atom stereocenters. The quantitative estimate of drug-likeness (QED) is 0.200. The van der Waals surface area contributed by atoms with E-state index >= 15 is 0 Å². The maximum atomic E-state index is 12.4. The Bertz CT molecular complexity index is 664. The summed E-state index contributed by atoms with van der Waals surface area (Å²) in [7, 11) is -4.22. The maximum Gasteiger partial charge on any atom is 0.324 e. The van der Waals surface area contributed by atoms with Crippen molar-refractivity contribution in [2.75, 3.05) is 11.0 Å². The average Bonchev–Trinajstić information content (AvgIpc) is 2.52. The summed E-state index contributed by atoms with van der Waals surface area (Å²) >= 11 is 2.01. The van der Waals surface area contributed by atoms with Crippen LogP contribution in [-0.4, -0.2) is 36.4 Å². The fourth-order valence-corrected chi connectivity index (χ4v) is 3.74. The van der Waals surface area contributed by atoms with Crippen molar-refractivity contribution in [3.05, 3.63) is 34.4 Å². The minimum atomic E-state index is -4.22. The summed E-state index contributed by atoms with van der Waals surface area (Å²) < 4.78 is 32.5. The molecule has 0 heterocycles. The zero-order valence-electron chi connectivity index (χ0n) is 12.4. The number of hydrogen-bond donors (Lipinski definition) is 1. The van der Waals surface area contributed by atoms with Gasteiger partial charge in [0.05, 0.1) is 11.5 Å². The van der Waals surface area contributed by atoms with Gasteiger partial charge in [-0.2, -0.15) is 4.72 Å². The lowest BCUT2D eigenvalue weighted by atomic mass is 10.2. The van der Waals surface area contributed by atoms with Gasteiger partial charge in [0.25, 0.3) is 5.69 Å². The zero-order valence-corrected chi connectivity index (χ0v) is 15.4. The number of carbonyl (C=O) groups is 1. The number of nitro benzene ring substituents is 1. The predicted molar refractivity (Wildman–Crippen MR) is 92.0 cm³/mol. The van der Waals surface area contributed by atoms with Crippen LogP contribution < -0.4 is 4.72 Å². The van der Waals surface area contributed by atoms with Crippen molar-refractivity contribution in [3.63, 3.8) is 0 Å². The van der Waals surface area contributed by atoms with Crippen LogP contribution in [0.3, 0.4) is 0 Å². The Morgan fingerprint density at radius 1 is 1.43 bits per heavy atom. The van der Waals surface area contributed by atoms with Gasteiger partial charge in [0.1, 0.15) is 6.04 Å². The molecule has 0 bridgehead atoms. The number of benzene rings is 1. The van der Waals surface area contributed by atoms with Crippen molar-refractivity contribution in [2.45, 2.75) is 30.7 Å². The van der Waals surface area contributed by atoms with E-state index in [1.807, 2.05) is 29.5 Å². The molecule has 10 heteroatoms. The van der Waals surface area contributed by atoms with Gasteiger partial charge >= 0.3 is 5.97 Å². The second kappa shape index (κ2) is 9.13. The first-order valence-corrected chi connectivity index (χ1v) is 9.82. The van der Waals surface area contributed by atoms with E-state index < -0.39 is 37.5 Å². The molecule has 0 aliphatic heterocycles. The van der Waals surface area contributed by atoms with Crippen LogP contribution in [0.5, 0.6) is 0 Å². The topological polar surface area (TPSA) is 116 Å². The third-order valence-electron chi connectivity index (χ3n) is 2.78. The maximum absolute atomic E-state index is 12.4. The molecule has 0 saturated heterocycles. The van der Waals surface area contributed by atoms with Gasteiger partial charge in [0.15, 0.2) is 4.90 Å². The number of nitrogens with zero attached hydrogens (tertiary/aromatic N) is 1. The van der Waals surface area contributed by atoms with Crippen molar-refractivity contribution in [1.29, 1.82) is 0 Å². The molecule has 0 saturated carbocycles. The van der Waals surface area contributed by atoms with Crippen LogP contribution in [0.4, 0.5) is 5.69 Å². The standard InChI is InChI=1S/C13H17IN2O6S/c1-2-9-22-13(17)10(7-8-14)15-23(20,21)12-6-4-3-5-11(12)16(18)19/h3-6,10,15H,2,7-9H2,1H3/t10-/m0/s1. The van der Waals surface area contributed by atoms with Gasteiger partial charge in [-0.1, -0.05) is 41.6 Å². The van der Waals surface area contributed by atoms with E-state index in [9.17, 15) is 23.3 Å².